The van der Waals surface area contributed by atoms with Gasteiger partial charge in [0.1, 0.15) is 0 Å². The van der Waals surface area contributed by atoms with Gasteiger partial charge in [-0.2, -0.15) is 0 Å². The smallest absolute Gasteiger partial charge is 0.0697 e. The minimum absolute atomic E-state index is 0.309. The molecule has 1 heterocycles. The second kappa shape index (κ2) is 7.53. The van der Waals surface area contributed by atoms with Crippen molar-refractivity contribution in [1.29, 1.82) is 0 Å². The van der Waals surface area contributed by atoms with Crippen LogP contribution in [0.1, 0.15) is 61.4 Å². The summed E-state index contributed by atoms with van der Waals surface area (Å²) in [4.78, 5) is 0. The molecule has 0 spiro atoms. The molecule has 1 unspecified atom stereocenters. The number of hydrogen-bond donors (Lipinski definition) is 1. The zero-order chi connectivity index (χ0) is 18.0. The molecule has 0 fully saturated rings. The Morgan fingerprint density at radius 3 is 2.40 bits per heavy atom. The summed E-state index contributed by atoms with van der Waals surface area (Å²) < 4.78 is 1.90. The average molecular weight is 355 g/mol. The van der Waals surface area contributed by atoms with Crippen molar-refractivity contribution < 1.29 is 0 Å². The van der Waals surface area contributed by atoms with Gasteiger partial charge in [-0.3, -0.25) is 4.68 Å². The Labute approximate surface area is 155 Å². The Balaban J connectivity index is 2.24. The monoisotopic (exact) mass is 354 g/mol. The van der Waals surface area contributed by atoms with Crippen LogP contribution in [-0.4, -0.2) is 4.68 Å². The summed E-state index contributed by atoms with van der Waals surface area (Å²) >= 11 is 6.28. The first-order valence-electron chi connectivity index (χ1n) is 9.21. The van der Waals surface area contributed by atoms with Gasteiger partial charge >= 0.3 is 0 Å². The molecule has 3 aromatic rings. The van der Waals surface area contributed by atoms with Gasteiger partial charge in [-0.25, -0.2) is 0 Å². The number of nitrogen functional groups attached to an aromatic ring is 1. The van der Waals surface area contributed by atoms with Crippen molar-refractivity contribution in [3.8, 4) is 0 Å². The average Bonchev–Trinajstić information content (AvgIpc) is 2.86. The maximum absolute atomic E-state index is 6.59. The number of fused-ring (bicyclic) bond motifs is 1. The molecule has 0 amide bonds. The van der Waals surface area contributed by atoms with Crippen LogP contribution in [0.3, 0.4) is 0 Å². The van der Waals surface area contributed by atoms with E-state index in [0.717, 1.165) is 36.2 Å². The molecule has 0 aliphatic carbocycles. The zero-order valence-electron chi connectivity index (χ0n) is 15.3. The molecule has 1 atom stereocenters. The van der Waals surface area contributed by atoms with E-state index >= 15 is 0 Å². The van der Waals surface area contributed by atoms with E-state index in [-0.39, 0.29) is 0 Å². The topological polar surface area (TPSA) is 30.9 Å². The molecular weight excluding hydrogens is 328 g/mol. The second-order valence-electron chi connectivity index (χ2n) is 6.90. The molecule has 132 valence electrons. The van der Waals surface area contributed by atoms with E-state index in [4.69, 9.17) is 17.4 Å². The number of nitrogens with two attached hydrogens (primary N) is 1. The summed E-state index contributed by atoms with van der Waals surface area (Å²) in [6.45, 7) is 6.58. The summed E-state index contributed by atoms with van der Waals surface area (Å²) in [6, 6.07) is 14.9. The van der Waals surface area contributed by atoms with E-state index in [1.807, 2.05) is 16.8 Å². The van der Waals surface area contributed by atoms with Gasteiger partial charge in [0.15, 0.2) is 0 Å². The highest BCUT2D eigenvalue weighted by Crippen LogP contribution is 2.37. The Morgan fingerprint density at radius 2 is 1.76 bits per heavy atom. The molecule has 0 saturated carbocycles. The third kappa shape index (κ3) is 3.41. The second-order valence-corrected chi connectivity index (χ2v) is 7.33. The Hall–Kier alpha value is -1.93. The standard InChI is InChI=1S/C22H27ClN2/c1-4-6-18(16-10-8-15(3)9-11-16)22-19(7-5-2)20-14-17(23)12-13-21(20)25(22)24/h8-14,18H,4-7,24H2,1-3H3. The number of aromatic nitrogens is 1. The minimum Gasteiger partial charge on any atom is -0.339 e. The Kier molecular flexibility index (Phi) is 5.39. The van der Waals surface area contributed by atoms with Crippen LogP contribution in [-0.2, 0) is 6.42 Å². The molecule has 3 rings (SSSR count). The number of hydrogen-bond acceptors (Lipinski definition) is 1. The number of rotatable bonds is 6. The van der Waals surface area contributed by atoms with Crippen LogP contribution >= 0.6 is 11.6 Å². The summed E-state index contributed by atoms with van der Waals surface area (Å²) in [6.07, 6.45) is 4.31. The van der Waals surface area contributed by atoms with Gasteiger partial charge in [0.2, 0.25) is 0 Å². The quantitative estimate of drug-likeness (QED) is 0.525. The van der Waals surface area contributed by atoms with E-state index in [0.29, 0.717) is 5.92 Å². The molecule has 0 bridgehead atoms. The number of benzene rings is 2. The summed E-state index contributed by atoms with van der Waals surface area (Å²) in [5.74, 6) is 6.90. The number of aryl methyl sites for hydroxylation is 2. The highest BCUT2D eigenvalue weighted by molar-refractivity contribution is 6.31. The van der Waals surface area contributed by atoms with Crippen molar-refractivity contribution in [3.05, 3.63) is 69.9 Å². The normalized spacial score (nSPS) is 12.6. The van der Waals surface area contributed by atoms with E-state index < -0.39 is 0 Å². The van der Waals surface area contributed by atoms with Crippen LogP contribution in [0.2, 0.25) is 5.02 Å². The molecule has 0 aliphatic rings. The Bertz CT molecular complexity index is 862. The van der Waals surface area contributed by atoms with Crippen LogP contribution in [0.4, 0.5) is 0 Å². The predicted molar refractivity (Wildman–Crippen MR) is 109 cm³/mol. The van der Waals surface area contributed by atoms with Crippen molar-refractivity contribution in [2.75, 3.05) is 5.84 Å². The maximum atomic E-state index is 6.59. The lowest BCUT2D eigenvalue weighted by Crippen LogP contribution is -2.17. The zero-order valence-corrected chi connectivity index (χ0v) is 16.1. The molecule has 25 heavy (non-hydrogen) atoms. The first-order valence-corrected chi connectivity index (χ1v) is 9.59. The van der Waals surface area contributed by atoms with Crippen molar-refractivity contribution >= 4 is 22.5 Å². The van der Waals surface area contributed by atoms with Crippen molar-refractivity contribution in [1.82, 2.24) is 4.68 Å². The first kappa shape index (κ1) is 17.9. The van der Waals surface area contributed by atoms with E-state index in [1.54, 1.807) is 0 Å². The van der Waals surface area contributed by atoms with Crippen LogP contribution in [0.5, 0.6) is 0 Å². The molecule has 2 aromatic carbocycles. The van der Waals surface area contributed by atoms with Gasteiger partial charge in [0.05, 0.1) is 11.2 Å². The first-order chi connectivity index (χ1) is 12.1. The largest absolute Gasteiger partial charge is 0.339 e. The molecule has 0 aliphatic heterocycles. The lowest BCUT2D eigenvalue weighted by molar-refractivity contribution is 0.655. The van der Waals surface area contributed by atoms with Crippen LogP contribution in [0.15, 0.2) is 42.5 Å². The summed E-state index contributed by atoms with van der Waals surface area (Å²) in [5, 5.41) is 1.96. The molecular formula is C22H27ClN2. The van der Waals surface area contributed by atoms with E-state index in [2.05, 4.69) is 51.1 Å². The fraction of sp³-hybridized carbons (Fsp3) is 0.364. The lowest BCUT2D eigenvalue weighted by Gasteiger charge is -2.20. The molecule has 3 heteroatoms. The van der Waals surface area contributed by atoms with E-state index in [1.165, 1.54) is 27.8 Å². The van der Waals surface area contributed by atoms with Crippen LogP contribution in [0, 0.1) is 6.92 Å². The van der Waals surface area contributed by atoms with Crippen molar-refractivity contribution in [2.45, 2.75) is 52.4 Å². The van der Waals surface area contributed by atoms with Crippen molar-refractivity contribution in [2.24, 2.45) is 0 Å². The highest BCUT2D eigenvalue weighted by atomic mass is 35.5. The summed E-state index contributed by atoms with van der Waals surface area (Å²) in [5.41, 5.74) is 6.28. The maximum Gasteiger partial charge on any atom is 0.0697 e. The molecule has 2 nitrogen and oxygen atoms in total. The third-order valence-corrected chi connectivity index (χ3v) is 5.23. The van der Waals surface area contributed by atoms with Gasteiger partial charge in [-0.05, 0) is 49.1 Å². The summed E-state index contributed by atoms with van der Waals surface area (Å²) in [7, 11) is 0. The molecule has 2 N–H and O–H groups in total. The van der Waals surface area contributed by atoms with Gasteiger partial charge in [-0.1, -0.05) is 68.1 Å². The van der Waals surface area contributed by atoms with Crippen molar-refractivity contribution in [3.63, 3.8) is 0 Å². The predicted octanol–water partition coefficient (Wildman–Crippen LogP) is 6.20. The molecule has 1 aromatic heterocycles. The van der Waals surface area contributed by atoms with Gasteiger partial charge in [0, 0.05) is 16.3 Å². The van der Waals surface area contributed by atoms with Crippen LogP contribution < -0.4 is 5.84 Å². The third-order valence-electron chi connectivity index (χ3n) is 5.00. The fourth-order valence-electron chi connectivity index (χ4n) is 3.81. The number of nitrogens with zero attached hydrogens (tertiary/aromatic N) is 1. The van der Waals surface area contributed by atoms with Gasteiger partial charge in [-0.15, -0.1) is 0 Å². The van der Waals surface area contributed by atoms with Gasteiger partial charge in [0.25, 0.3) is 0 Å². The lowest BCUT2D eigenvalue weighted by atomic mass is 9.87. The Morgan fingerprint density at radius 1 is 1.04 bits per heavy atom. The highest BCUT2D eigenvalue weighted by Gasteiger charge is 2.24. The molecule has 0 radical (unpaired) electrons. The fourth-order valence-corrected chi connectivity index (χ4v) is 3.98. The van der Waals surface area contributed by atoms with Gasteiger partial charge < -0.3 is 5.84 Å². The van der Waals surface area contributed by atoms with E-state index in [9.17, 15) is 0 Å². The number of halogens is 1. The SMILES string of the molecule is CCCc1c(C(CCC)c2ccc(C)cc2)n(N)c2ccc(Cl)cc12. The minimum atomic E-state index is 0.309. The van der Waals surface area contributed by atoms with Crippen LogP contribution in [0.25, 0.3) is 10.9 Å². The molecule has 0 saturated heterocycles.